The molecule has 1 heterocycles. The van der Waals surface area contributed by atoms with Crippen molar-refractivity contribution in [3.63, 3.8) is 0 Å². The number of hydrogen-bond donors (Lipinski definition) is 4. The van der Waals surface area contributed by atoms with Gasteiger partial charge in [-0.2, -0.15) is 4.37 Å². The molecule has 38 heavy (non-hydrogen) atoms. The molecule has 0 saturated heterocycles. The number of phenols is 1. The topological polar surface area (TPSA) is 152 Å². The molecule has 0 aliphatic rings. The minimum Gasteiger partial charge on any atom is -0.508 e. The number of hydrogen-bond acceptors (Lipinski definition) is 7. The Kier molecular flexibility index (Phi) is 8.03. The van der Waals surface area contributed by atoms with E-state index in [0.717, 1.165) is 22.7 Å². The molecule has 1 aromatic heterocycles. The fraction of sp³-hybridized carbons (Fsp3) is 0.143. The first-order chi connectivity index (χ1) is 18.3. The second-order valence-electron chi connectivity index (χ2n) is 8.49. The van der Waals surface area contributed by atoms with Crippen molar-refractivity contribution in [2.24, 2.45) is 5.73 Å². The van der Waals surface area contributed by atoms with Crippen LogP contribution in [0.4, 0.5) is 11.4 Å². The quantitative estimate of drug-likeness (QED) is 0.259. The van der Waals surface area contributed by atoms with Gasteiger partial charge in [0.15, 0.2) is 5.69 Å². The predicted octanol–water partition coefficient (Wildman–Crippen LogP) is 3.80. The van der Waals surface area contributed by atoms with Crippen molar-refractivity contribution >= 4 is 40.6 Å². The van der Waals surface area contributed by atoms with E-state index in [1.807, 2.05) is 49.4 Å². The molecule has 10 heteroatoms. The number of primary amides is 1. The van der Waals surface area contributed by atoms with Gasteiger partial charge in [0.05, 0.1) is 5.69 Å². The molecule has 0 saturated carbocycles. The van der Waals surface area contributed by atoms with Crippen LogP contribution in [0, 0.1) is 0 Å². The lowest BCUT2D eigenvalue weighted by atomic mass is 10.00. The number of aryl methyl sites for hydroxylation is 1. The van der Waals surface area contributed by atoms with Crippen molar-refractivity contribution in [1.29, 1.82) is 0 Å². The number of carbonyl (C=O) groups is 3. The molecule has 0 aliphatic heterocycles. The van der Waals surface area contributed by atoms with Crippen LogP contribution >= 0.6 is 11.5 Å². The fourth-order valence-electron chi connectivity index (χ4n) is 4.11. The predicted molar refractivity (Wildman–Crippen MR) is 147 cm³/mol. The van der Waals surface area contributed by atoms with Crippen molar-refractivity contribution in [2.75, 3.05) is 10.6 Å². The molecule has 0 spiro atoms. The number of aromatic nitrogens is 1. The molecule has 0 fully saturated rings. The number of amides is 3. The van der Waals surface area contributed by atoms with E-state index in [2.05, 4.69) is 9.69 Å². The number of aromatic hydroxyl groups is 1. The van der Waals surface area contributed by atoms with Crippen LogP contribution in [0.3, 0.4) is 0 Å². The molecule has 4 aromatic rings. The van der Waals surface area contributed by atoms with Crippen molar-refractivity contribution in [3.8, 4) is 5.75 Å². The molecule has 0 bridgehead atoms. The van der Waals surface area contributed by atoms with Crippen LogP contribution in [0.1, 0.15) is 49.8 Å². The van der Waals surface area contributed by atoms with Gasteiger partial charge < -0.3 is 21.9 Å². The Bertz CT molecular complexity index is 1450. The van der Waals surface area contributed by atoms with Crippen LogP contribution in [-0.4, -0.2) is 27.2 Å². The SMILES string of the molecule is CCc1ccccc1N(C(=O)c1snc(C(N)=O)c1N)[C@H](C(=O)NCc1ccccc1)c1ccc(O)cc1. The lowest BCUT2D eigenvalue weighted by Crippen LogP contribution is -2.44. The zero-order valence-electron chi connectivity index (χ0n) is 20.6. The summed E-state index contributed by atoms with van der Waals surface area (Å²) in [7, 11) is 0. The van der Waals surface area contributed by atoms with Crippen molar-refractivity contribution < 1.29 is 19.5 Å². The summed E-state index contributed by atoms with van der Waals surface area (Å²) in [5.74, 6) is -1.89. The molecule has 6 N–H and O–H groups in total. The standard InChI is InChI=1S/C28H27N5O4S/c1-2-18-10-6-7-11-21(18)33(28(37)25-22(29)23(26(30)35)32-38-25)24(19-12-14-20(34)15-13-19)27(36)31-16-17-8-4-3-5-9-17/h3-15,24,34H,2,16,29H2,1H3,(H2,30,35)(H,31,36)/t24-/m0/s1. The first-order valence-electron chi connectivity index (χ1n) is 11.9. The second kappa shape index (κ2) is 11.6. The highest BCUT2D eigenvalue weighted by Gasteiger charge is 2.36. The summed E-state index contributed by atoms with van der Waals surface area (Å²) in [4.78, 5) is 41.2. The average molecular weight is 530 g/mol. The molecule has 3 amide bonds. The fourth-order valence-corrected chi connectivity index (χ4v) is 4.85. The average Bonchev–Trinajstić information content (AvgIpc) is 3.32. The molecule has 1 atom stereocenters. The maximum absolute atomic E-state index is 14.2. The molecular weight excluding hydrogens is 502 g/mol. The molecule has 9 nitrogen and oxygen atoms in total. The summed E-state index contributed by atoms with van der Waals surface area (Å²) in [5.41, 5.74) is 13.8. The number of rotatable bonds is 9. The number of phenolic OH excluding ortho intramolecular Hbond substituents is 1. The lowest BCUT2D eigenvalue weighted by Gasteiger charge is -2.32. The van der Waals surface area contributed by atoms with E-state index in [1.54, 1.807) is 24.3 Å². The molecule has 0 aliphatic carbocycles. The maximum Gasteiger partial charge on any atom is 0.273 e. The van der Waals surface area contributed by atoms with Gasteiger partial charge in [-0.25, -0.2) is 0 Å². The van der Waals surface area contributed by atoms with Gasteiger partial charge in [-0.05, 0) is 52.8 Å². The Morgan fingerprint density at radius 1 is 1.00 bits per heavy atom. The maximum atomic E-state index is 14.2. The number of nitrogens with two attached hydrogens (primary N) is 2. The van der Waals surface area contributed by atoms with Gasteiger partial charge in [0.1, 0.15) is 16.7 Å². The van der Waals surface area contributed by atoms with Gasteiger partial charge in [0.25, 0.3) is 11.8 Å². The summed E-state index contributed by atoms with van der Waals surface area (Å²) in [6.07, 6.45) is 0.582. The Morgan fingerprint density at radius 3 is 2.29 bits per heavy atom. The Labute approximate surface area is 223 Å². The van der Waals surface area contributed by atoms with Gasteiger partial charge in [-0.1, -0.05) is 67.6 Å². The zero-order chi connectivity index (χ0) is 27.2. The number of nitrogen functional groups attached to an aromatic ring is 1. The van der Waals surface area contributed by atoms with E-state index in [-0.39, 0.29) is 28.6 Å². The van der Waals surface area contributed by atoms with E-state index in [0.29, 0.717) is 17.7 Å². The number of para-hydroxylation sites is 1. The number of anilines is 2. The van der Waals surface area contributed by atoms with E-state index in [9.17, 15) is 19.5 Å². The smallest absolute Gasteiger partial charge is 0.273 e. The molecular formula is C28H27N5O4S. The minimum absolute atomic E-state index is 0.00987. The van der Waals surface area contributed by atoms with Crippen LogP contribution in [0.15, 0.2) is 78.9 Å². The van der Waals surface area contributed by atoms with E-state index in [4.69, 9.17) is 11.5 Å². The molecule has 4 rings (SSSR count). The molecule has 0 radical (unpaired) electrons. The van der Waals surface area contributed by atoms with Gasteiger partial charge >= 0.3 is 0 Å². The highest BCUT2D eigenvalue weighted by molar-refractivity contribution is 7.09. The summed E-state index contributed by atoms with van der Waals surface area (Å²) < 4.78 is 3.98. The third-order valence-electron chi connectivity index (χ3n) is 6.03. The van der Waals surface area contributed by atoms with E-state index < -0.39 is 23.8 Å². The highest BCUT2D eigenvalue weighted by atomic mass is 32.1. The van der Waals surface area contributed by atoms with Gasteiger partial charge in [0, 0.05) is 12.2 Å². The van der Waals surface area contributed by atoms with Gasteiger partial charge in [-0.15, -0.1) is 0 Å². The number of nitrogens with zero attached hydrogens (tertiary/aromatic N) is 2. The Morgan fingerprint density at radius 2 is 1.66 bits per heavy atom. The van der Waals surface area contributed by atoms with Crippen molar-refractivity contribution in [3.05, 3.63) is 106 Å². The Hall–Kier alpha value is -4.70. The van der Waals surface area contributed by atoms with Crippen LogP contribution in [0.25, 0.3) is 0 Å². The minimum atomic E-state index is -1.14. The monoisotopic (exact) mass is 529 g/mol. The summed E-state index contributed by atoms with van der Waals surface area (Å²) in [6.45, 7) is 2.18. The van der Waals surface area contributed by atoms with Crippen LogP contribution in [0.2, 0.25) is 0 Å². The largest absolute Gasteiger partial charge is 0.508 e. The third-order valence-corrected chi connectivity index (χ3v) is 6.88. The zero-order valence-corrected chi connectivity index (χ0v) is 21.4. The number of benzene rings is 3. The highest BCUT2D eigenvalue weighted by Crippen LogP contribution is 2.35. The lowest BCUT2D eigenvalue weighted by molar-refractivity contribution is -0.122. The molecule has 0 unspecified atom stereocenters. The second-order valence-corrected chi connectivity index (χ2v) is 9.27. The third kappa shape index (κ3) is 5.50. The van der Waals surface area contributed by atoms with E-state index in [1.165, 1.54) is 17.0 Å². The van der Waals surface area contributed by atoms with Crippen LogP contribution in [-0.2, 0) is 17.8 Å². The van der Waals surface area contributed by atoms with Gasteiger partial charge in [0.2, 0.25) is 5.91 Å². The Balaban J connectivity index is 1.86. The van der Waals surface area contributed by atoms with Crippen LogP contribution in [0.5, 0.6) is 5.75 Å². The van der Waals surface area contributed by atoms with Gasteiger partial charge in [-0.3, -0.25) is 19.3 Å². The van der Waals surface area contributed by atoms with Crippen molar-refractivity contribution in [2.45, 2.75) is 25.9 Å². The molecule has 194 valence electrons. The summed E-state index contributed by atoms with van der Waals surface area (Å²) >= 11 is 0.747. The summed E-state index contributed by atoms with van der Waals surface area (Å²) in [6, 6.07) is 21.6. The normalized spacial score (nSPS) is 11.5. The number of carbonyl (C=O) groups excluding carboxylic acids is 3. The molecule has 3 aromatic carbocycles. The van der Waals surface area contributed by atoms with Crippen molar-refractivity contribution in [1.82, 2.24) is 9.69 Å². The van der Waals surface area contributed by atoms with Crippen LogP contribution < -0.4 is 21.7 Å². The number of nitrogens with one attached hydrogen (secondary N) is 1. The van der Waals surface area contributed by atoms with E-state index >= 15 is 0 Å². The summed E-state index contributed by atoms with van der Waals surface area (Å²) in [5, 5.41) is 12.8. The first-order valence-corrected chi connectivity index (χ1v) is 12.7. The first kappa shape index (κ1) is 26.4.